The molecule has 138 valence electrons. The normalized spacial score (nSPS) is 18.4. The number of likely N-dealkylation sites (tertiary alicyclic amines) is 1. The molecule has 0 spiro atoms. The Bertz CT molecular complexity index is 574. The van der Waals surface area contributed by atoms with Gasteiger partial charge in [-0.1, -0.05) is 12.1 Å². The number of carbonyl (C=O) groups excluding carboxylic acids is 2. The molecule has 2 atom stereocenters. The number of hydrogen-bond acceptors (Lipinski definition) is 3. The Morgan fingerprint density at radius 2 is 2.00 bits per heavy atom. The van der Waals surface area contributed by atoms with Gasteiger partial charge in [-0.15, -0.1) is 0 Å². The van der Waals surface area contributed by atoms with E-state index in [2.05, 4.69) is 17.6 Å². The van der Waals surface area contributed by atoms with E-state index in [9.17, 15) is 9.59 Å². The molecule has 6 heteroatoms. The quantitative estimate of drug-likeness (QED) is 0.830. The Morgan fingerprint density at radius 3 is 2.64 bits per heavy atom. The van der Waals surface area contributed by atoms with Gasteiger partial charge in [-0.05, 0) is 57.2 Å². The molecule has 0 bridgehead atoms. The lowest BCUT2D eigenvalue weighted by Crippen LogP contribution is -2.53. The highest BCUT2D eigenvalue weighted by Crippen LogP contribution is 2.17. The number of benzene rings is 1. The van der Waals surface area contributed by atoms with Crippen molar-refractivity contribution in [1.82, 2.24) is 15.5 Å². The predicted octanol–water partition coefficient (Wildman–Crippen LogP) is 2.33. The van der Waals surface area contributed by atoms with Crippen molar-refractivity contribution in [3.05, 3.63) is 29.8 Å². The third-order valence-electron chi connectivity index (χ3n) is 4.66. The molecule has 1 saturated heterocycles. The van der Waals surface area contributed by atoms with Crippen LogP contribution in [0, 0.1) is 0 Å². The lowest BCUT2D eigenvalue weighted by molar-refractivity contribution is -0.136. The molecule has 1 aromatic carbocycles. The molecular weight excluding hydrogens is 318 g/mol. The fraction of sp³-hybridized carbons (Fsp3) is 0.579. The van der Waals surface area contributed by atoms with Crippen LogP contribution in [0.1, 0.15) is 38.7 Å². The number of urea groups is 1. The maximum Gasteiger partial charge on any atom is 0.315 e. The van der Waals surface area contributed by atoms with Crippen LogP contribution in [0.4, 0.5) is 4.79 Å². The number of hydrogen-bond donors (Lipinski definition) is 2. The van der Waals surface area contributed by atoms with E-state index in [0.717, 1.165) is 37.1 Å². The first kappa shape index (κ1) is 19.1. The molecule has 0 aromatic heterocycles. The van der Waals surface area contributed by atoms with Crippen LogP contribution in [-0.4, -0.2) is 49.1 Å². The van der Waals surface area contributed by atoms with Crippen molar-refractivity contribution in [2.75, 3.05) is 20.2 Å². The van der Waals surface area contributed by atoms with E-state index >= 15 is 0 Å². The minimum atomic E-state index is -0.512. The summed E-state index contributed by atoms with van der Waals surface area (Å²) in [7, 11) is 1.63. The number of piperidine rings is 1. The van der Waals surface area contributed by atoms with Gasteiger partial charge in [-0.3, -0.25) is 4.79 Å². The molecule has 0 aliphatic carbocycles. The van der Waals surface area contributed by atoms with E-state index in [1.807, 2.05) is 29.2 Å². The summed E-state index contributed by atoms with van der Waals surface area (Å²) in [6.45, 7) is 5.11. The minimum absolute atomic E-state index is 0.00231. The van der Waals surface area contributed by atoms with E-state index in [4.69, 9.17) is 4.74 Å². The van der Waals surface area contributed by atoms with Gasteiger partial charge in [0, 0.05) is 19.1 Å². The van der Waals surface area contributed by atoms with E-state index < -0.39 is 6.04 Å². The van der Waals surface area contributed by atoms with Crippen LogP contribution in [0.5, 0.6) is 5.75 Å². The summed E-state index contributed by atoms with van der Waals surface area (Å²) in [4.78, 5) is 26.4. The monoisotopic (exact) mass is 347 g/mol. The van der Waals surface area contributed by atoms with Gasteiger partial charge < -0.3 is 20.3 Å². The number of nitrogens with zero attached hydrogens (tertiary/aromatic N) is 1. The van der Waals surface area contributed by atoms with Crippen LogP contribution >= 0.6 is 0 Å². The number of methoxy groups -OCH3 is 1. The Balaban J connectivity index is 1.72. The molecule has 2 rings (SSSR count). The number of carbonyl (C=O) groups is 2. The molecule has 0 saturated carbocycles. The van der Waals surface area contributed by atoms with Crippen molar-refractivity contribution in [3.8, 4) is 5.75 Å². The smallest absolute Gasteiger partial charge is 0.315 e. The molecule has 1 aliphatic rings. The molecule has 3 amide bonds. The SMILES string of the molecule is COc1ccc(CCNC(=O)N[C@@H](C)C(=O)N2CCCC[C@H]2C)cc1. The highest BCUT2D eigenvalue weighted by Gasteiger charge is 2.27. The summed E-state index contributed by atoms with van der Waals surface area (Å²) in [5.74, 6) is 0.811. The number of ether oxygens (including phenoxy) is 1. The molecule has 1 heterocycles. The maximum atomic E-state index is 12.5. The Morgan fingerprint density at radius 1 is 1.28 bits per heavy atom. The third-order valence-corrected chi connectivity index (χ3v) is 4.66. The van der Waals surface area contributed by atoms with Crippen LogP contribution in [0.2, 0.25) is 0 Å². The van der Waals surface area contributed by atoms with Crippen LogP contribution in [0.25, 0.3) is 0 Å². The van der Waals surface area contributed by atoms with Gasteiger partial charge in [0.2, 0.25) is 5.91 Å². The van der Waals surface area contributed by atoms with Gasteiger partial charge >= 0.3 is 6.03 Å². The minimum Gasteiger partial charge on any atom is -0.497 e. The molecule has 1 fully saturated rings. The van der Waals surface area contributed by atoms with Gasteiger partial charge in [-0.25, -0.2) is 4.79 Å². The van der Waals surface area contributed by atoms with Crippen LogP contribution in [-0.2, 0) is 11.2 Å². The molecule has 0 unspecified atom stereocenters. The molecular formula is C19H29N3O3. The lowest BCUT2D eigenvalue weighted by Gasteiger charge is -2.35. The summed E-state index contributed by atoms with van der Waals surface area (Å²) in [5, 5.41) is 5.55. The highest BCUT2D eigenvalue weighted by molar-refractivity contribution is 5.87. The zero-order chi connectivity index (χ0) is 18.2. The molecule has 0 radical (unpaired) electrons. The Hall–Kier alpha value is -2.24. The molecule has 1 aromatic rings. The summed E-state index contributed by atoms with van der Waals surface area (Å²) in [6, 6.07) is 7.18. The standard InChI is InChI=1S/C19H29N3O3/c1-14-6-4-5-13-22(14)18(23)15(2)21-19(24)20-12-11-16-7-9-17(25-3)10-8-16/h7-10,14-15H,4-6,11-13H2,1-3H3,(H2,20,21,24)/t14-,15+/m1/s1. The van der Waals surface area contributed by atoms with Gasteiger partial charge in [0.05, 0.1) is 7.11 Å². The summed E-state index contributed by atoms with van der Waals surface area (Å²) in [5.41, 5.74) is 1.12. The van der Waals surface area contributed by atoms with E-state index in [1.54, 1.807) is 14.0 Å². The average molecular weight is 347 g/mol. The molecule has 25 heavy (non-hydrogen) atoms. The van der Waals surface area contributed by atoms with Crippen molar-refractivity contribution in [2.24, 2.45) is 0 Å². The van der Waals surface area contributed by atoms with Crippen molar-refractivity contribution in [2.45, 2.75) is 51.6 Å². The van der Waals surface area contributed by atoms with Gasteiger partial charge in [0.1, 0.15) is 11.8 Å². The lowest BCUT2D eigenvalue weighted by atomic mass is 10.0. The first-order chi connectivity index (χ1) is 12.0. The van der Waals surface area contributed by atoms with Gasteiger partial charge in [0.15, 0.2) is 0 Å². The predicted molar refractivity (Wildman–Crippen MR) is 97.7 cm³/mol. The highest BCUT2D eigenvalue weighted by atomic mass is 16.5. The van der Waals surface area contributed by atoms with Crippen molar-refractivity contribution >= 4 is 11.9 Å². The van der Waals surface area contributed by atoms with Crippen LogP contribution in [0.15, 0.2) is 24.3 Å². The van der Waals surface area contributed by atoms with Crippen molar-refractivity contribution in [3.63, 3.8) is 0 Å². The zero-order valence-corrected chi connectivity index (χ0v) is 15.4. The van der Waals surface area contributed by atoms with Crippen molar-refractivity contribution < 1.29 is 14.3 Å². The van der Waals surface area contributed by atoms with Crippen LogP contribution < -0.4 is 15.4 Å². The zero-order valence-electron chi connectivity index (χ0n) is 15.4. The number of nitrogens with one attached hydrogen (secondary N) is 2. The summed E-state index contributed by atoms with van der Waals surface area (Å²) < 4.78 is 5.12. The summed E-state index contributed by atoms with van der Waals surface area (Å²) >= 11 is 0. The Labute approximate surface area is 149 Å². The van der Waals surface area contributed by atoms with Crippen LogP contribution in [0.3, 0.4) is 0 Å². The topological polar surface area (TPSA) is 70.7 Å². The second kappa shape index (κ2) is 9.30. The third kappa shape index (κ3) is 5.66. The fourth-order valence-corrected chi connectivity index (χ4v) is 3.10. The van der Waals surface area contributed by atoms with Gasteiger partial charge in [-0.2, -0.15) is 0 Å². The summed E-state index contributed by atoms with van der Waals surface area (Å²) in [6.07, 6.45) is 3.96. The Kier molecular flexibility index (Phi) is 7.10. The first-order valence-electron chi connectivity index (χ1n) is 8.99. The van der Waals surface area contributed by atoms with E-state index in [-0.39, 0.29) is 18.0 Å². The molecule has 1 aliphatic heterocycles. The fourth-order valence-electron chi connectivity index (χ4n) is 3.10. The largest absolute Gasteiger partial charge is 0.497 e. The number of amides is 3. The van der Waals surface area contributed by atoms with E-state index in [1.165, 1.54) is 6.42 Å². The molecule has 6 nitrogen and oxygen atoms in total. The molecule has 2 N–H and O–H groups in total. The second-order valence-electron chi connectivity index (χ2n) is 6.60. The second-order valence-corrected chi connectivity index (χ2v) is 6.60. The van der Waals surface area contributed by atoms with E-state index in [0.29, 0.717) is 6.54 Å². The maximum absolute atomic E-state index is 12.5. The first-order valence-corrected chi connectivity index (χ1v) is 8.99. The van der Waals surface area contributed by atoms with Gasteiger partial charge in [0.25, 0.3) is 0 Å². The number of rotatable bonds is 6. The average Bonchev–Trinajstić information content (AvgIpc) is 2.62. The van der Waals surface area contributed by atoms with Crippen molar-refractivity contribution in [1.29, 1.82) is 0 Å².